The van der Waals surface area contributed by atoms with E-state index < -0.39 is 0 Å². The fraction of sp³-hybridized carbons (Fsp3) is 1.00. The minimum atomic E-state index is 0.479. The third-order valence-corrected chi connectivity index (χ3v) is 5.27. The molecule has 0 radical (unpaired) electrons. The summed E-state index contributed by atoms with van der Waals surface area (Å²) in [5.74, 6) is 0.897. The Kier molecular flexibility index (Phi) is 4.71. The van der Waals surface area contributed by atoms with Gasteiger partial charge in [-0.1, -0.05) is 27.2 Å². The van der Waals surface area contributed by atoms with Gasteiger partial charge in [0.05, 0.1) is 0 Å². The van der Waals surface area contributed by atoms with Gasteiger partial charge in [-0.25, -0.2) is 0 Å². The standard InChI is InChI=1S/C16H32N2/c1-16(2,3)13-8-9-14(17-4)15(12-13)18-10-6-5-7-11-18/h13-15,17H,5-12H2,1-4H3. The maximum atomic E-state index is 3.58. The third-order valence-electron chi connectivity index (χ3n) is 5.27. The molecule has 1 aliphatic carbocycles. The maximum absolute atomic E-state index is 3.58. The van der Waals surface area contributed by atoms with Gasteiger partial charge < -0.3 is 5.32 Å². The molecule has 2 fully saturated rings. The molecule has 2 heteroatoms. The number of piperidine rings is 1. The Morgan fingerprint density at radius 1 is 1.00 bits per heavy atom. The second-order valence-corrected chi connectivity index (χ2v) is 7.44. The molecule has 0 aromatic carbocycles. The van der Waals surface area contributed by atoms with Gasteiger partial charge in [-0.2, -0.15) is 0 Å². The van der Waals surface area contributed by atoms with E-state index in [2.05, 4.69) is 38.0 Å². The molecule has 1 saturated carbocycles. The lowest BCUT2D eigenvalue weighted by Crippen LogP contribution is -2.54. The van der Waals surface area contributed by atoms with Crippen LogP contribution in [0, 0.1) is 11.3 Å². The highest BCUT2D eigenvalue weighted by Gasteiger charge is 2.38. The van der Waals surface area contributed by atoms with Crippen molar-refractivity contribution in [2.75, 3.05) is 20.1 Å². The van der Waals surface area contributed by atoms with Crippen LogP contribution in [-0.4, -0.2) is 37.1 Å². The van der Waals surface area contributed by atoms with Gasteiger partial charge in [0.2, 0.25) is 0 Å². The smallest absolute Gasteiger partial charge is 0.0252 e. The van der Waals surface area contributed by atoms with Gasteiger partial charge >= 0.3 is 0 Å². The highest BCUT2D eigenvalue weighted by atomic mass is 15.2. The van der Waals surface area contributed by atoms with Crippen LogP contribution in [0.1, 0.15) is 59.3 Å². The first-order valence-electron chi connectivity index (χ1n) is 7.93. The molecule has 0 aromatic rings. The van der Waals surface area contributed by atoms with E-state index >= 15 is 0 Å². The summed E-state index contributed by atoms with van der Waals surface area (Å²) in [5.41, 5.74) is 0.479. The topological polar surface area (TPSA) is 15.3 Å². The summed E-state index contributed by atoms with van der Waals surface area (Å²) in [4.78, 5) is 2.78. The molecule has 1 aliphatic heterocycles. The molecule has 0 spiro atoms. The lowest BCUT2D eigenvalue weighted by Gasteiger charge is -2.47. The third kappa shape index (κ3) is 3.27. The van der Waals surface area contributed by atoms with E-state index in [0.717, 1.165) is 18.0 Å². The zero-order chi connectivity index (χ0) is 13.2. The Morgan fingerprint density at radius 3 is 2.22 bits per heavy atom. The van der Waals surface area contributed by atoms with E-state index in [1.807, 2.05) is 0 Å². The highest BCUT2D eigenvalue weighted by Crippen LogP contribution is 2.39. The molecule has 1 N–H and O–H groups in total. The Labute approximate surface area is 114 Å². The SMILES string of the molecule is CNC1CCC(C(C)(C)C)CC1N1CCCCC1. The summed E-state index contributed by atoms with van der Waals surface area (Å²) < 4.78 is 0. The summed E-state index contributed by atoms with van der Waals surface area (Å²) in [6.45, 7) is 9.93. The lowest BCUT2D eigenvalue weighted by molar-refractivity contribution is 0.0495. The number of rotatable bonds is 2. The van der Waals surface area contributed by atoms with Crippen LogP contribution in [0.4, 0.5) is 0 Å². The zero-order valence-electron chi connectivity index (χ0n) is 12.8. The molecule has 2 aliphatic rings. The van der Waals surface area contributed by atoms with Crippen molar-refractivity contribution in [2.45, 2.75) is 71.4 Å². The molecule has 0 bridgehead atoms. The fourth-order valence-corrected chi connectivity index (χ4v) is 3.92. The Balaban J connectivity index is 2.02. The van der Waals surface area contributed by atoms with Gasteiger partial charge in [-0.05, 0) is 63.6 Å². The van der Waals surface area contributed by atoms with Gasteiger partial charge in [0.25, 0.3) is 0 Å². The van der Waals surface area contributed by atoms with Gasteiger partial charge in [-0.3, -0.25) is 4.90 Å². The summed E-state index contributed by atoms with van der Waals surface area (Å²) in [5, 5.41) is 3.58. The number of nitrogens with one attached hydrogen (secondary N) is 1. The van der Waals surface area contributed by atoms with E-state index in [4.69, 9.17) is 0 Å². The lowest BCUT2D eigenvalue weighted by atomic mass is 9.69. The van der Waals surface area contributed by atoms with Crippen molar-refractivity contribution in [3.05, 3.63) is 0 Å². The summed E-state index contributed by atoms with van der Waals surface area (Å²) in [7, 11) is 2.15. The summed E-state index contributed by atoms with van der Waals surface area (Å²) in [6, 6.07) is 1.51. The molecule has 3 unspecified atom stereocenters. The second-order valence-electron chi connectivity index (χ2n) is 7.44. The van der Waals surface area contributed by atoms with Crippen LogP contribution < -0.4 is 5.32 Å². The van der Waals surface area contributed by atoms with Crippen LogP contribution in [0.5, 0.6) is 0 Å². The molecule has 0 aromatic heterocycles. The van der Waals surface area contributed by atoms with E-state index in [1.54, 1.807) is 0 Å². The Morgan fingerprint density at radius 2 is 1.67 bits per heavy atom. The summed E-state index contributed by atoms with van der Waals surface area (Å²) in [6.07, 6.45) is 8.42. The van der Waals surface area contributed by atoms with Crippen molar-refractivity contribution < 1.29 is 0 Å². The first kappa shape index (κ1) is 14.3. The Bertz CT molecular complexity index is 250. The molecule has 2 rings (SSSR count). The van der Waals surface area contributed by atoms with Crippen molar-refractivity contribution in [3.8, 4) is 0 Å². The van der Waals surface area contributed by atoms with E-state index in [-0.39, 0.29) is 0 Å². The van der Waals surface area contributed by atoms with Crippen LogP contribution in [0.3, 0.4) is 0 Å². The number of hydrogen-bond donors (Lipinski definition) is 1. The molecular formula is C16H32N2. The second kappa shape index (κ2) is 5.92. The number of nitrogens with zero attached hydrogens (tertiary/aromatic N) is 1. The average molecular weight is 252 g/mol. The van der Waals surface area contributed by atoms with Crippen LogP contribution in [0.2, 0.25) is 0 Å². The van der Waals surface area contributed by atoms with Gasteiger partial charge in [0, 0.05) is 12.1 Å². The minimum absolute atomic E-state index is 0.479. The first-order valence-corrected chi connectivity index (χ1v) is 7.93. The molecule has 2 nitrogen and oxygen atoms in total. The molecule has 1 heterocycles. The van der Waals surface area contributed by atoms with E-state index in [1.165, 1.54) is 51.6 Å². The van der Waals surface area contributed by atoms with Crippen molar-refractivity contribution >= 4 is 0 Å². The van der Waals surface area contributed by atoms with E-state index in [0.29, 0.717) is 5.41 Å². The molecule has 0 amide bonds. The van der Waals surface area contributed by atoms with Crippen LogP contribution in [0.15, 0.2) is 0 Å². The largest absolute Gasteiger partial charge is 0.315 e. The molecule has 3 atom stereocenters. The summed E-state index contributed by atoms with van der Waals surface area (Å²) >= 11 is 0. The molecular weight excluding hydrogens is 220 g/mol. The van der Waals surface area contributed by atoms with Crippen LogP contribution in [0.25, 0.3) is 0 Å². The van der Waals surface area contributed by atoms with Crippen molar-refractivity contribution in [1.82, 2.24) is 10.2 Å². The van der Waals surface area contributed by atoms with Crippen LogP contribution >= 0.6 is 0 Å². The minimum Gasteiger partial charge on any atom is -0.315 e. The maximum Gasteiger partial charge on any atom is 0.0252 e. The first-order chi connectivity index (χ1) is 8.52. The van der Waals surface area contributed by atoms with Gasteiger partial charge in [0.1, 0.15) is 0 Å². The van der Waals surface area contributed by atoms with Gasteiger partial charge in [0.15, 0.2) is 0 Å². The Hall–Kier alpha value is -0.0800. The molecule has 18 heavy (non-hydrogen) atoms. The van der Waals surface area contributed by atoms with E-state index in [9.17, 15) is 0 Å². The fourth-order valence-electron chi connectivity index (χ4n) is 3.92. The van der Waals surface area contributed by atoms with Crippen molar-refractivity contribution in [1.29, 1.82) is 0 Å². The quantitative estimate of drug-likeness (QED) is 0.811. The monoisotopic (exact) mass is 252 g/mol. The number of likely N-dealkylation sites (N-methyl/N-ethyl adjacent to an activating group) is 1. The van der Waals surface area contributed by atoms with Gasteiger partial charge in [-0.15, -0.1) is 0 Å². The normalized spacial score (nSPS) is 35.7. The predicted molar refractivity (Wildman–Crippen MR) is 78.9 cm³/mol. The highest BCUT2D eigenvalue weighted by molar-refractivity contribution is 4.94. The predicted octanol–water partition coefficient (Wildman–Crippen LogP) is 3.28. The number of hydrogen-bond acceptors (Lipinski definition) is 2. The average Bonchev–Trinajstić information content (AvgIpc) is 2.38. The molecule has 1 saturated heterocycles. The zero-order valence-corrected chi connectivity index (χ0v) is 12.8. The van der Waals surface area contributed by atoms with Crippen LogP contribution in [-0.2, 0) is 0 Å². The number of likely N-dealkylation sites (tertiary alicyclic amines) is 1. The van der Waals surface area contributed by atoms with Crippen molar-refractivity contribution in [3.63, 3.8) is 0 Å². The molecule has 106 valence electrons. The van der Waals surface area contributed by atoms with Crippen molar-refractivity contribution in [2.24, 2.45) is 11.3 Å².